The number of rotatable bonds is 0. The molecule has 2 heteroatoms. The molecular formula is C5H4O2. The van der Waals surface area contributed by atoms with Gasteiger partial charge < -0.3 is 4.89 Å². The van der Waals surface area contributed by atoms with Crippen molar-refractivity contribution in [2.75, 3.05) is 6.61 Å². The maximum absolute atomic E-state index is 4.43. The van der Waals surface area contributed by atoms with E-state index in [1.54, 1.807) is 12.2 Å². The standard InChI is InChI=1S/C5H4O2/c1-2-4-6-7-5-3-1/h1-2H,4H2. The molecule has 0 aliphatic carbocycles. The number of hydrogen-bond donors (Lipinski definition) is 0. The van der Waals surface area contributed by atoms with Gasteiger partial charge in [-0.25, -0.2) is 0 Å². The van der Waals surface area contributed by atoms with Gasteiger partial charge in [0.1, 0.15) is 6.61 Å². The second kappa shape index (κ2) is 2.42. The Kier molecular flexibility index (Phi) is 1.52. The summed E-state index contributed by atoms with van der Waals surface area (Å²) in [6, 6.07) is 0. The van der Waals surface area contributed by atoms with Gasteiger partial charge in [0.15, 0.2) is 0 Å². The Morgan fingerprint density at radius 3 is 3.57 bits per heavy atom. The monoisotopic (exact) mass is 96.0 g/mol. The molecule has 0 atom stereocenters. The number of allylic oxidation sites excluding steroid dienone is 2. The molecule has 2 nitrogen and oxygen atoms in total. The molecule has 0 unspecified atom stereocenters. The van der Waals surface area contributed by atoms with Gasteiger partial charge in [-0.15, -0.1) is 0 Å². The highest BCUT2D eigenvalue weighted by molar-refractivity contribution is 4.90. The van der Waals surface area contributed by atoms with Gasteiger partial charge in [0.05, 0.1) is 0 Å². The van der Waals surface area contributed by atoms with Crippen molar-refractivity contribution in [3.05, 3.63) is 24.5 Å². The van der Waals surface area contributed by atoms with Gasteiger partial charge >= 0.3 is 0 Å². The quantitative estimate of drug-likeness (QED) is 0.412. The maximum Gasteiger partial charge on any atom is 0.219 e. The first-order valence-corrected chi connectivity index (χ1v) is 1.94. The van der Waals surface area contributed by atoms with E-state index >= 15 is 0 Å². The minimum absolute atomic E-state index is 0.472. The van der Waals surface area contributed by atoms with Crippen molar-refractivity contribution in [3.8, 4) is 0 Å². The summed E-state index contributed by atoms with van der Waals surface area (Å²) >= 11 is 0. The van der Waals surface area contributed by atoms with Crippen LogP contribution in [0, 0.1) is 12.3 Å². The summed E-state index contributed by atoms with van der Waals surface area (Å²) in [5, 5.41) is 0. The summed E-state index contributed by atoms with van der Waals surface area (Å²) < 4.78 is 0. The van der Waals surface area contributed by atoms with Gasteiger partial charge in [0.2, 0.25) is 6.26 Å². The van der Waals surface area contributed by atoms with Crippen molar-refractivity contribution in [1.82, 2.24) is 0 Å². The van der Waals surface area contributed by atoms with E-state index in [1.807, 2.05) is 0 Å². The normalized spacial score (nSPS) is 18.3. The van der Waals surface area contributed by atoms with Crippen molar-refractivity contribution in [3.63, 3.8) is 0 Å². The average molecular weight is 96.1 g/mol. The summed E-state index contributed by atoms with van der Waals surface area (Å²) in [6.45, 7) is 0.472. The maximum atomic E-state index is 4.43. The van der Waals surface area contributed by atoms with E-state index in [4.69, 9.17) is 0 Å². The van der Waals surface area contributed by atoms with Crippen LogP contribution in [0.5, 0.6) is 0 Å². The van der Waals surface area contributed by atoms with E-state index in [0.29, 0.717) is 6.61 Å². The molecule has 0 saturated heterocycles. The molecule has 0 aromatic carbocycles. The number of hydrogen-bond acceptors (Lipinski definition) is 2. The van der Waals surface area contributed by atoms with E-state index < -0.39 is 0 Å². The second-order valence-electron chi connectivity index (χ2n) is 1.02. The first-order valence-electron chi connectivity index (χ1n) is 1.94. The van der Waals surface area contributed by atoms with Crippen LogP contribution in [-0.4, -0.2) is 6.61 Å². The summed E-state index contributed by atoms with van der Waals surface area (Å²) in [7, 11) is 0. The van der Waals surface area contributed by atoms with Gasteiger partial charge in [-0.05, 0) is 0 Å². The molecule has 0 aromatic rings. The Hall–Kier alpha value is -0.760. The van der Waals surface area contributed by atoms with Gasteiger partial charge in [-0.1, -0.05) is 12.2 Å². The first-order chi connectivity index (χ1) is 3.50. The third kappa shape index (κ3) is 1.41. The molecule has 2 radical (unpaired) electrons. The van der Waals surface area contributed by atoms with E-state index in [9.17, 15) is 0 Å². The van der Waals surface area contributed by atoms with Crippen LogP contribution in [-0.2, 0) is 9.78 Å². The fraction of sp³-hybridized carbons (Fsp3) is 0.200. The highest BCUT2D eigenvalue weighted by atomic mass is 17.2. The molecule has 1 rings (SSSR count). The summed E-state index contributed by atoms with van der Waals surface area (Å²) in [6.07, 6.45) is 8.32. The minimum atomic E-state index is 0.472. The Morgan fingerprint density at radius 2 is 2.57 bits per heavy atom. The van der Waals surface area contributed by atoms with Crippen LogP contribution in [0.4, 0.5) is 0 Å². The zero-order chi connectivity index (χ0) is 4.95. The topological polar surface area (TPSA) is 18.5 Å². The van der Waals surface area contributed by atoms with Gasteiger partial charge in [0.25, 0.3) is 0 Å². The largest absolute Gasteiger partial charge is 0.332 e. The molecular weight excluding hydrogens is 92.1 g/mol. The molecule has 1 aliphatic rings. The zero-order valence-corrected chi connectivity index (χ0v) is 3.68. The van der Waals surface area contributed by atoms with Crippen molar-refractivity contribution in [2.45, 2.75) is 0 Å². The lowest BCUT2D eigenvalue weighted by atomic mass is 10.5. The van der Waals surface area contributed by atoms with E-state index in [0.717, 1.165) is 0 Å². The van der Waals surface area contributed by atoms with E-state index in [1.165, 1.54) is 0 Å². The van der Waals surface area contributed by atoms with Crippen LogP contribution in [0.2, 0.25) is 0 Å². The fourth-order valence-corrected chi connectivity index (χ4v) is 0.268. The molecule has 0 spiro atoms. The summed E-state index contributed by atoms with van der Waals surface area (Å²) in [5.74, 6) is 0. The van der Waals surface area contributed by atoms with Crippen LogP contribution >= 0.6 is 0 Å². The molecule has 0 bridgehead atoms. The van der Waals surface area contributed by atoms with Gasteiger partial charge in [-0.2, -0.15) is 4.89 Å². The molecule has 1 heterocycles. The molecule has 1 aliphatic heterocycles. The van der Waals surface area contributed by atoms with Crippen molar-refractivity contribution < 1.29 is 9.78 Å². The van der Waals surface area contributed by atoms with Crippen molar-refractivity contribution in [1.29, 1.82) is 0 Å². The Bertz CT molecular complexity index is 82.3. The molecule has 0 N–H and O–H groups in total. The predicted molar refractivity (Wildman–Crippen MR) is 22.7 cm³/mol. The van der Waals surface area contributed by atoms with E-state index in [2.05, 4.69) is 22.1 Å². The molecule has 0 amide bonds. The lowest BCUT2D eigenvalue weighted by molar-refractivity contribution is -0.247. The zero-order valence-electron chi connectivity index (χ0n) is 3.68. The first kappa shape index (κ1) is 4.40. The van der Waals surface area contributed by atoms with Crippen LogP contribution in [0.1, 0.15) is 0 Å². The third-order valence-electron chi connectivity index (χ3n) is 0.525. The SMILES string of the molecule is [C]1=[C]OOCC=C1. The average Bonchev–Trinajstić information content (AvgIpc) is 1.90. The molecule has 0 saturated carbocycles. The van der Waals surface area contributed by atoms with Crippen molar-refractivity contribution >= 4 is 0 Å². The minimum Gasteiger partial charge on any atom is -0.332 e. The smallest absolute Gasteiger partial charge is 0.219 e. The lowest BCUT2D eigenvalue weighted by Gasteiger charge is -1.88. The Balaban J connectivity index is 2.39. The lowest BCUT2D eigenvalue weighted by Crippen LogP contribution is -1.83. The molecule has 36 valence electrons. The second-order valence-corrected chi connectivity index (χ2v) is 1.02. The van der Waals surface area contributed by atoms with Gasteiger partial charge in [-0.3, -0.25) is 0 Å². The van der Waals surface area contributed by atoms with Crippen molar-refractivity contribution in [2.24, 2.45) is 0 Å². The molecule has 0 aromatic heterocycles. The Labute approximate surface area is 42.0 Å². The highest BCUT2D eigenvalue weighted by Gasteiger charge is 1.82. The van der Waals surface area contributed by atoms with Gasteiger partial charge in [0, 0.05) is 6.08 Å². The summed E-state index contributed by atoms with van der Waals surface area (Å²) in [5.41, 5.74) is 0. The Morgan fingerprint density at radius 1 is 1.57 bits per heavy atom. The predicted octanol–water partition coefficient (Wildman–Crippen LogP) is 0.624. The van der Waals surface area contributed by atoms with Crippen LogP contribution in [0.15, 0.2) is 12.2 Å². The van der Waals surface area contributed by atoms with E-state index in [-0.39, 0.29) is 0 Å². The van der Waals surface area contributed by atoms with Crippen LogP contribution in [0.3, 0.4) is 0 Å². The summed E-state index contributed by atoms with van der Waals surface area (Å²) in [4.78, 5) is 8.70. The van der Waals surface area contributed by atoms with Crippen LogP contribution in [0.25, 0.3) is 0 Å². The molecule has 7 heavy (non-hydrogen) atoms. The molecule has 0 fully saturated rings. The highest BCUT2D eigenvalue weighted by Crippen LogP contribution is 1.86. The fourth-order valence-electron chi connectivity index (χ4n) is 0.268. The third-order valence-corrected chi connectivity index (χ3v) is 0.525. The van der Waals surface area contributed by atoms with Crippen LogP contribution < -0.4 is 0 Å².